The summed E-state index contributed by atoms with van der Waals surface area (Å²) in [6.45, 7) is 1.82. The van der Waals surface area contributed by atoms with Gasteiger partial charge in [0.15, 0.2) is 5.76 Å². The summed E-state index contributed by atoms with van der Waals surface area (Å²) >= 11 is 1.54. The molecule has 0 aliphatic heterocycles. The first-order valence-corrected chi connectivity index (χ1v) is 12.3. The van der Waals surface area contributed by atoms with E-state index in [9.17, 15) is 13.5 Å². The number of aliphatic hydroxyl groups excluding tert-OH is 1. The average molecular weight is 487 g/mol. The number of nitrogens with one attached hydrogen (secondary N) is 2. The Labute approximate surface area is 195 Å². The van der Waals surface area contributed by atoms with Crippen molar-refractivity contribution in [1.29, 1.82) is 0 Å². The van der Waals surface area contributed by atoms with Crippen molar-refractivity contribution in [1.82, 2.24) is 9.97 Å². The maximum atomic E-state index is 11.0. The van der Waals surface area contributed by atoms with Gasteiger partial charge in [0, 0.05) is 10.9 Å². The van der Waals surface area contributed by atoms with Crippen LogP contribution < -0.4 is 10.0 Å². The first-order valence-electron chi connectivity index (χ1n) is 9.98. The highest BCUT2D eigenvalue weighted by Gasteiger charge is 2.19. The van der Waals surface area contributed by atoms with Crippen LogP contribution in [-0.2, 0) is 23.3 Å². The van der Waals surface area contributed by atoms with Crippen molar-refractivity contribution in [3.8, 4) is 11.3 Å². The zero-order valence-electron chi connectivity index (χ0n) is 17.6. The molecule has 0 bridgehead atoms. The molecule has 0 saturated carbocycles. The largest absolute Gasteiger partial charge is 0.424 e. The molecule has 4 N–H and O–H groups in total. The molecule has 0 spiro atoms. The van der Waals surface area contributed by atoms with Crippen LogP contribution in [0.25, 0.3) is 11.3 Å². The van der Waals surface area contributed by atoms with Crippen LogP contribution in [0.1, 0.15) is 27.9 Å². The molecule has 0 aliphatic carbocycles. The van der Waals surface area contributed by atoms with Crippen molar-refractivity contribution in [2.75, 3.05) is 10.0 Å². The van der Waals surface area contributed by atoms with E-state index in [1.807, 2.05) is 41.3 Å². The molecule has 2 aromatic heterocycles. The Morgan fingerprint density at radius 3 is 2.58 bits per heavy atom. The number of aryl methyl sites for hydroxylation is 1. The summed E-state index contributed by atoms with van der Waals surface area (Å²) in [7, 11) is -4.33. The predicted molar refractivity (Wildman–Crippen MR) is 126 cm³/mol. The smallest absolute Gasteiger partial charge is 0.357 e. The van der Waals surface area contributed by atoms with Gasteiger partial charge in [-0.15, -0.1) is 11.3 Å². The molecule has 4 rings (SSSR count). The molecule has 0 amide bonds. The van der Waals surface area contributed by atoms with E-state index in [0.717, 1.165) is 27.4 Å². The number of hydrogen-bond donors (Lipinski definition) is 4. The lowest BCUT2D eigenvalue weighted by Crippen LogP contribution is -2.15. The SMILES string of the molecule is Cc1nc([C@H](Cc2ccc(NS(=O)(=O)O)cc2)Nc2ncc(-c3ccccc3CO)o2)cs1. The first kappa shape index (κ1) is 22.9. The number of hydrogen-bond acceptors (Lipinski definition) is 8. The Bertz CT molecular complexity index is 1330. The maximum Gasteiger partial charge on any atom is 0.357 e. The van der Waals surface area contributed by atoms with Gasteiger partial charge in [0.2, 0.25) is 0 Å². The Hall–Kier alpha value is -3.25. The van der Waals surface area contributed by atoms with Crippen molar-refractivity contribution >= 4 is 33.3 Å². The molecule has 2 aromatic carbocycles. The van der Waals surface area contributed by atoms with Crippen LogP contribution in [0, 0.1) is 6.92 Å². The monoisotopic (exact) mass is 486 g/mol. The minimum atomic E-state index is -4.33. The van der Waals surface area contributed by atoms with Gasteiger partial charge in [0.1, 0.15) is 0 Å². The van der Waals surface area contributed by atoms with Crippen LogP contribution in [0.5, 0.6) is 0 Å². The summed E-state index contributed by atoms with van der Waals surface area (Å²) < 4.78 is 38.9. The van der Waals surface area contributed by atoms with Gasteiger partial charge in [0.25, 0.3) is 6.01 Å². The minimum absolute atomic E-state index is 0.108. The molecule has 0 saturated heterocycles. The molecule has 0 radical (unpaired) electrons. The number of aromatic nitrogens is 2. The molecule has 0 unspecified atom stereocenters. The molecular formula is C22H22N4O5S2. The van der Waals surface area contributed by atoms with Crippen molar-refractivity contribution < 1.29 is 22.5 Å². The Kier molecular flexibility index (Phi) is 6.75. The third-order valence-corrected chi connectivity index (χ3v) is 6.18. The fourth-order valence-electron chi connectivity index (χ4n) is 3.38. The van der Waals surface area contributed by atoms with Gasteiger partial charge < -0.3 is 14.8 Å². The molecule has 0 aliphatic rings. The molecule has 1 atom stereocenters. The Balaban J connectivity index is 1.56. The van der Waals surface area contributed by atoms with E-state index in [1.54, 1.807) is 30.5 Å². The van der Waals surface area contributed by atoms with Crippen molar-refractivity contribution in [2.45, 2.75) is 26.0 Å². The number of anilines is 2. The van der Waals surface area contributed by atoms with Crippen LogP contribution in [0.3, 0.4) is 0 Å². The number of rotatable bonds is 9. The third kappa shape index (κ3) is 5.96. The van der Waals surface area contributed by atoms with E-state index in [2.05, 4.69) is 15.3 Å². The van der Waals surface area contributed by atoms with Gasteiger partial charge in [-0.25, -0.2) is 9.97 Å². The Morgan fingerprint density at radius 1 is 1.15 bits per heavy atom. The summed E-state index contributed by atoms with van der Waals surface area (Å²) in [6.07, 6.45) is 2.14. The zero-order valence-corrected chi connectivity index (χ0v) is 19.2. The normalized spacial score (nSPS) is 12.5. The number of oxazole rings is 1. The fraction of sp³-hybridized carbons (Fsp3) is 0.182. The number of aliphatic hydroxyl groups is 1. The quantitative estimate of drug-likeness (QED) is 0.258. The predicted octanol–water partition coefficient (Wildman–Crippen LogP) is 4.21. The van der Waals surface area contributed by atoms with E-state index in [1.165, 1.54) is 11.3 Å². The molecule has 9 nitrogen and oxygen atoms in total. The van der Waals surface area contributed by atoms with Gasteiger partial charge in [0.05, 0.1) is 35.2 Å². The molecule has 11 heteroatoms. The number of nitrogens with zero attached hydrogens (tertiary/aromatic N) is 2. The standard InChI is InChI=1S/C22H22N4O5S2/c1-14-24-20(13-32-14)19(10-15-6-8-17(9-7-15)26-33(28,29)30)25-22-23-11-21(31-22)18-5-3-2-4-16(18)12-27/h2-9,11,13,19,26-27H,10,12H2,1H3,(H,23,25)(H,28,29,30)/t19-/m0/s1. The topological polar surface area (TPSA) is 138 Å². The molecular weight excluding hydrogens is 464 g/mol. The van der Waals surface area contributed by atoms with Crippen molar-refractivity contribution in [3.63, 3.8) is 0 Å². The lowest BCUT2D eigenvalue weighted by atomic mass is 10.0. The second-order valence-corrected chi connectivity index (χ2v) is 9.53. The second-order valence-electron chi connectivity index (χ2n) is 7.31. The number of benzene rings is 2. The van der Waals surface area contributed by atoms with E-state index in [4.69, 9.17) is 8.97 Å². The average Bonchev–Trinajstić information content (AvgIpc) is 3.42. The van der Waals surface area contributed by atoms with Crippen LogP contribution >= 0.6 is 11.3 Å². The van der Waals surface area contributed by atoms with Gasteiger partial charge in [-0.2, -0.15) is 8.42 Å². The van der Waals surface area contributed by atoms with Crippen molar-refractivity contribution in [3.05, 3.63) is 81.9 Å². The number of thiazole rings is 1. The van der Waals surface area contributed by atoms with Gasteiger partial charge >= 0.3 is 10.3 Å². The van der Waals surface area contributed by atoms with Crippen LogP contribution in [0.4, 0.5) is 11.7 Å². The van der Waals surface area contributed by atoms with E-state index >= 15 is 0 Å². The highest BCUT2D eigenvalue weighted by Crippen LogP contribution is 2.29. The Morgan fingerprint density at radius 2 is 1.91 bits per heavy atom. The second kappa shape index (κ2) is 9.71. The summed E-state index contributed by atoms with van der Waals surface area (Å²) in [6, 6.07) is 14.1. The molecule has 4 aromatic rings. The van der Waals surface area contributed by atoms with Gasteiger partial charge in [-0.3, -0.25) is 9.27 Å². The van der Waals surface area contributed by atoms with Crippen LogP contribution in [0.15, 0.2) is 64.5 Å². The van der Waals surface area contributed by atoms with Crippen molar-refractivity contribution in [2.24, 2.45) is 0 Å². The third-order valence-electron chi connectivity index (χ3n) is 4.89. The summed E-state index contributed by atoms with van der Waals surface area (Å²) in [5, 5.41) is 15.8. The van der Waals surface area contributed by atoms with E-state index in [-0.39, 0.29) is 18.3 Å². The van der Waals surface area contributed by atoms with E-state index < -0.39 is 10.3 Å². The lowest BCUT2D eigenvalue weighted by Gasteiger charge is -2.16. The van der Waals surface area contributed by atoms with Gasteiger partial charge in [-0.05, 0) is 36.6 Å². The zero-order chi connectivity index (χ0) is 23.4. The van der Waals surface area contributed by atoms with Crippen LogP contribution in [0.2, 0.25) is 0 Å². The molecule has 33 heavy (non-hydrogen) atoms. The molecule has 172 valence electrons. The highest BCUT2D eigenvalue weighted by molar-refractivity contribution is 7.87. The van der Waals surface area contributed by atoms with Crippen LogP contribution in [-0.4, -0.2) is 28.0 Å². The molecule has 2 heterocycles. The molecule has 0 fully saturated rings. The fourth-order valence-corrected chi connectivity index (χ4v) is 4.48. The maximum absolute atomic E-state index is 11.0. The summed E-state index contributed by atoms with van der Waals surface area (Å²) in [5.74, 6) is 0.538. The summed E-state index contributed by atoms with van der Waals surface area (Å²) in [4.78, 5) is 8.94. The lowest BCUT2D eigenvalue weighted by molar-refractivity contribution is 0.282. The van der Waals surface area contributed by atoms with E-state index in [0.29, 0.717) is 18.2 Å². The highest BCUT2D eigenvalue weighted by atomic mass is 32.2. The summed E-state index contributed by atoms with van der Waals surface area (Å²) in [5.41, 5.74) is 3.51. The first-order chi connectivity index (χ1) is 15.8. The minimum Gasteiger partial charge on any atom is -0.424 e. The van der Waals surface area contributed by atoms with Gasteiger partial charge in [-0.1, -0.05) is 36.4 Å².